The lowest BCUT2D eigenvalue weighted by Gasteiger charge is -2.20. The molecule has 0 aromatic carbocycles. The predicted molar refractivity (Wildman–Crippen MR) is 398 cm³/mol. The molecule has 0 aliphatic rings. The summed E-state index contributed by atoms with van der Waals surface area (Å²) >= 11 is 0. The van der Waals surface area contributed by atoms with Crippen LogP contribution in [0.3, 0.4) is 0 Å². The average Bonchev–Trinajstić information content (AvgIpc) is 3.65. The van der Waals surface area contributed by atoms with Crippen molar-refractivity contribution in [2.45, 2.75) is 475 Å². The zero-order chi connectivity index (χ0) is 64.9. The lowest BCUT2D eigenvalue weighted by atomic mass is 10.0. The van der Waals surface area contributed by atoms with Crippen molar-refractivity contribution in [2.24, 2.45) is 0 Å². The van der Waals surface area contributed by atoms with Crippen LogP contribution in [0.1, 0.15) is 463 Å². The number of ether oxygens (including phenoxy) is 1. The number of allylic oxidation sites excluding steroid dienone is 5. The average molecular weight is 1270 g/mol. The molecule has 0 aliphatic heterocycles. The van der Waals surface area contributed by atoms with Gasteiger partial charge < -0.3 is 20.3 Å². The minimum atomic E-state index is -0.843. The fourth-order valence-corrected chi connectivity index (χ4v) is 13.1. The number of hydrogen-bond acceptors (Lipinski definition) is 5. The molecule has 532 valence electrons. The van der Waals surface area contributed by atoms with E-state index in [0.717, 1.165) is 44.9 Å². The summed E-state index contributed by atoms with van der Waals surface area (Å²) in [6.45, 7) is 4.93. The number of aliphatic hydroxyl groups is 2. The molecule has 0 rings (SSSR count). The first kappa shape index (κ1) is 88.1. The van der Waals surface area contributed by atoms with E-state index in [1.807, 2.05) is 6.08 Å². The van der Waals surface area contributed by atoms with Crippen LogP contribution in [0.5, 0.6) is 0 Å². The maximum Gasteiger partial charge on any atom is 0.305 e. The van der Waals surface area contributed by atoms with Gasteiger partial charge in [-0.3, -0.25) is 9.59 Å². The minimum absolute atomic E-state index is 0.0128. The highest BCUT2D eigenvalue weighted by Gasteiger charge is 2.18. The van der Waals surface area contributed by atoms with Crippen molar-refractivity contribution in [3.05, 3.63) is 36.5 Å². The van der Waals surface area contributed by atoms with Crippen LogP contribution >= 0.6 is 0 Å². The highest BCUT2D eigenvalue weighted by molar-refractivity contribution is 5.76. The molecule has 2 atom stereocenters. The molecular weight excluding hydrogens is 1100 g/mol. The third kappa shape index (κ3) is 75.1. The van der Waals surface area contributed by atoms with Crippen molar-refractivity contribution < 1.29 is 24.5 Å². The first-order chi connectivity index (χ1) is 44.5. The number of nitrogens with one attached hydrogen (secondary N) is 1. The summed E-state index contributed by atoms with van der Waals surface area (Å²) in [5.74, 6) is -0.0460. The minimum Gasteiger partial charge on any atom is -0.466 e. The summed E-state index contributed by atoms with van der Waals surface area (Å²) < 4.78 is 5.48. The van der Waals surface area contributed by atoms with E-state index in [2.05, 4.69) is 43.5 Å². The van der Waals surface area contributed by atoms with Crippen molar-refractivity contribution in [1.29, 1.82) is 0 Å². The Balaban J connectivity index is 3.35. The van der Waals surface area contributed by atoms with Gasteiger partial charge in [-0.05, 0) is 83.5 Å². The Hall–Kier alpha value is -1.92. The molecule has 0 bridgehead atoms. The number of hydrogen-bond donors (Lipinski definition) is 3. The molecular formula is C84H161NO5. The maximum absolute atomic E-state index is 12.6. The number of esters is 1. The van der Waals surface area contributed by atoms with Crippen molar-refractivity contribution >= 4 is 11.9 Å². The zero-order valence-electron chi connectivity index (χ0n) is 61.1. The lowest BCUT2D eigenvalue weighted by molar-refractivity contribution is -0.143. The molecule has 0 saturated heterocycles. The van der Waals surface area contributed by atoms with E-state index in [1.165, 1.54) is 392 Å². The summed E-state index contributed by atoms with van der Waals surface area (Å²) in [6.07, 6.45) is 104. The SMILES string of the molecule is CCCCC/C=C\CCCCCCCC(=O)OCCCCCCCCCCCCCCCCCCCC/C=C\CCCCCCCCCCCCCCCCCCCC(=O)NC(CO)C(O)/C=C/CCCCCCCCCCCCCCCCCCCCCC. The highest BCUT2D eigenvalue weighted by Crippen LogP contribution is 2.20. The summed E-state index contributed by atoms with van der Waals surface area (Å²) in [6, 6.07) is -0.626. The summed E-state index contributed by atoms with van der Waals surface area (Å²) in [5.41, 5.74) is 0. The van der Waals surface area contributed by atoms with E-state index in [9.17, 15) is 19.8 Å². The molecule has 1 amide bonds. The maximum atomic E-state index is 12.6. The van der Waals surface area contributed by atoms with Gasteiger partial charge in [0.25, 0.3) is 0 Å². The molecule has 0 saturated carbocycles. The first-order valence-electron chi connectivity index (χ1n) is 41.3. The number of amides is 1. The van der Waals surface area contributed by atoms with Gasteiger partial charge in [0.15, 0.2) is 0 Å². The molecule has 0 aliphatic carbocycles. The van der Waals surface area contributed by atoms with E-state index in [-0.39, 0.29) is 18.5 Å². The zero-order valence-corrected chi connectivity index (χ0v) is 61.1. The van der Waals surface area contributed by atoms with Gasteiger partial charge in [-0.15, -0.1) is 0 Å². The van der Waals surface area contributed by atoms with Crippen molar-refractivity contribution in [2.75, 3.05) is 13.2 Å². The molecule has 3 N–H and O–H groups in total. The fraction of sp³-hybridized carbons (Fsp3) is 0.905. The lowest BCUT2D eigenvalue weighted by Crippen LogP contribution is -2.45. The largest absolute Gasteiger partial charge is 0.466 e. The van der Waals surface area contributed by atoms with E-state index < -0.39 is 12.1 Å². The number of carbonyl (C=O) groups excluding carboxylic acids is 2. The summed E-state index contributed by atoms with van der Waals surface area (Å²) in [5, 5.41) is 23.3. The Bertz CT molecular complexity index is 1460. The molecule has 0 aromatic heterocycles. The Morgan fingerprint density at radius 3 is 0.811 bits per heavy atom. The van der Waals surface area contributed by atoms with Crippen LogP contribution in [0.4, 0.5) is 0 Å². The second-order valence-electron chi connectivity index (χ2n) is 28.4. The first-order valence-corrected chi connectivity index (χ1v) is 41.3. The molecule has 0 fully saturated rings. The molecule has 0 aromatic rings. The van der Waals surface area contributed by atoms with Gasteiger partial charge in [0, 0.05) is 12.8 Å². The van der Waals surface area contributed by atoms with Crippen LogP contribution in [-0.2, 0) is 14.3 Å². The van der Waals surface area contributed by atoms with Gasteiger partial charge in [-0.1, -0.05) is 403 Å². The van der Waals surface area contributed by atoms with Gasteiger partial charge in [0.2, 0.25) is 5.91 Å². The molecule has 0 heterocycles. The smallest absolute Gasteiger partial charge is 0.305 e. The molecule has 90 heavy (non-hydrogen) atoms. The quantitative estimate of drug-likeness (QED) is 0.0320. The van der Waals surface area contributed by atoms with Gasteiger partial charge in [-0.25, -0.2) is 0 Å². The highest BCUT2D eigenvalue weighted by atomic mass is 16.5. The van der Waals surface area contributed by atoms with Gasteiger partial charge in [-0.2, -0.15) is 0 Å². The van der Waals surface area contributed by atoms with Crippen LogP contribution in [0, 0.1) is 0 Å². The number of unbranched alkanes of at least 4 members (excludes halogenated alkanes) is 63. The van der Waals surface area contributed by atoms with E-state index in [4.69, 9.17) is 4.74 Å². The number of aliphatic hydroxyl groups excluding tert-OH is 2. The second kappa shape index (κ2) is 79.5. The van der Waals surface area contributed by atoms with Crippen LogP contribution in [0.15, 0.2) is 36.5 Å². The third-order valence-corrected chi connectivity index (χ3v) is 19.4. The summed E-state index contributed by atoms with van der Waals surface area (Å²) in [7, 11) is 0. The number of carbonyl (C=O) groups is 2. The topological polar surface area (TPSA) is 95.9 Å². The van der Waals surface area contributed by atoms with Crippen LogP contribution in [-0.4, -0.2) is 47.4 Å². The predicted octanol–water partition coefficient (Wildman–Crippen LogP) is 27.4. The number of rotatable bonds is 78. The molecule has 0 spiro atoms. The van der Waals surface area contributed by atoms with E-state index >= 15 is 0 Å². The van der Waals surface area contributed by atoms with Crippen molar-refractivity contribution in [3.63, 3.8) is 0 Å². The monoisotopic (exact) mass is 1260 g/mol. The summed E-state index contributed by atoms with van der Waals surface area (Å²) in [4.78, 5) is 24.6. The standard InChI is InChI=1S/C84H161NO5/c1-3-5-7-9-11-13-15-17-18-19-20-21-41-44-47-50-53-56-60-64-68-72-76-82(87)81(80-86)85-83(88)77-73-69-65-61-57-54-51-48-45-42-39-37-35-33-31-29-27-25-23-22-24-26-28-30-32-34-36-38-40-43-46-49-52-55-59-63-67-71-75-79-90-84(89)78-74-70-66-62-58-16-14-12-10-8-6-4-2/h12,14,22-23,72,76,81-82,86-87H,3-11,13,15-21,24-71,73-75,77-80H2,1-2H3,(H,85,88)/b14-12-,23-22-,76-72+. The Kier molecular flexibility index (Phi) is 77.8. The molecule has 6 heteroatoms. The van der Waals surface area contributed by atoms with Crippen molar-refractivity contribution in [1.82, 2.24) is 5.32 Å². The van der Waals surface area contributed by atoms with Gasteiger partial charge >= 0.3 is 5.97 Å². The van der Waals surface area contributed by atoms with E-state index in [0.29, 0.717) is 19.4 Å². The van der Waals surface area contributed by atoms with Gasteiger partial charge in [0.05, 0.1) is 25.4 Å². The van der Waals surface area contributed by atoms with Gasteiger partial charge in [0.1, 0.15) is 0 Å². The molecule has 2 unspecified atom stereocenters. The Morgan fingerprint density at radius 1 is 0.300 bits per heavy atom. The fourth-order valence-electron chi connectivity index (χ4n) is 13.1. The van der Waals surface area contributed by atoms with Crippen LogP contribution < -0.4 is 5.32 Å². The second-order valence-corrected chi connectivity index (χ2v) is 28.4. The molecule has 6 nitrogen and oxygen atoms in total. The molecule has 0 radical (unpaired) electrons. The third-order valence-electron chi connectivity index (χ3n) is 19.4. The normalized spacial score (nSPS) is 12.6. The Morgan fingerprint density at radius 2 is 0.522 bits per heavy atom. The van der Waals surface area contributed by atoms with Crippen LogP contribution in [0.25, 0.3) is 0 Å². The van der Waals surface area contributed by atoms with E-state index in [1.54, 1.807) is 6.08 Å². The Labute approximate surface area is 564 Å². The van der Waals surface area contributed by atoms with Crippen molar-refractivity contribution in [3.8, 4) is 0 Å². The van der Waals surface area contributed by atoms with Crippen LogP contribution in [0.2, 0.25) is 0 Å².